The quantitative estimate of drug-likeness (QED) is 0.556. The highest BCUT2D eigenvalue weighted by Gasteiger charge is 2.51. The predicted molar refractivity (Wildman–Crippen MR) is 93.1 cm³/mol. The van der Waals surface area contributed by atoms with Crippen LogP contribution in [0.3, 0.4) is 0 Å². The molecule has 0 unspecified atom stereocenters. The molecule has 0 spiro atoms. The molecule has 120 valence electrons. The number of benzene rings is 1. The molecule has 0 heterocycles. The summed E-state index contributed by atoms with van der Waals surface area (Å²) < 4.78 is 5.20. The van der Waals surface area contributed by atoms with Crippen LogP contribution in [0, 0.1) is 26.2 Å². The van der Waals surface area contributed by atoms with Gasteiger partial charge in [0.15, 0.2) is 0 Å². The van der Waals surface area contributed by atoms with Gasteiger partial charge in [0.05, 0.1) is 7.11 Å². The van der Waals surface area contributed by atoms with Crippen molar-refractivity contribution in [1.82, 2.24) is 0 Å². The van der Waals surface area contributed by atoms with Gasteiger partial charge in [0.1, 0.15) is 5.41 Å². The van der Waals surface area contributed by atoms with Gasteiger partial charge in [0.25, 0.3) is 0 Å². The normalized spacial score (nSPS) is 14.1. The summed E-state index contributed by atoms with van der Waals surface area (Å²) in [5, 5.41) is 0. The molecule has 22 heavy (non-hydrogen) atoms. The molecule has 0 saturated carbocycles. The molecular formula is C20H28O2. The smallest absolute Gasteiger partial charge is 0.317 e. The number of aryl methyl sites for hydroxylation is 3. The first-order valence-electron chi connectivity index (χ1n) is 7.59. The van der Waals surface area contributed by atoms with Crippen LogP contribution >= 0.6 is 0 Å². The first kappa shape index (κ1) is 18.2. The lowest BCUT2D eigenvalue weighted by atomic mass is 9.59. The Hall–Kier alpha value is -1.83. The number of hydrogen-bond acceptors (Lipinski definition) is 2. The zero-order valence-corrected chi connectivity index (χ0v) is 14.7. The Kier molecular flexibility index (Phi) is 5.39. The van der Waals surface area contributed by atoms with Crippen LogP contribution in [-0.4, -0.2) is 13.1 Å². The number of rotatable bonds is 6. The number of allylic oxidation sites excluding steroid dienone is 2. The lowest BCUT2D eigenvalue weighted by Crippen LogP contribution is -2.48. The third kappa shape index (κ3) is 2.75. The summed E-state index contributed by atoms with van der Waals surface area (Å²) in [6.07, 6.45) is 4.13. The molecule has 0 bridgehead atoms. The van der Waals surface area contributed by atoms with Gasteiger partial charge in [-0.05, 0) is 49.4 Å². The first-order chi connectivity index (χ1) is 10.2. The third-order valence-corrected chi connectivity index (χ3v) is 4.90. The summed E-state index contributed by atoms with van der Waals surface area (Å²) in [7, 11) is 1.44. The van der Waals surface area contributed by atoms with Crippen LogP contribution < -0.4 is 0 Å². The van der Waals surface area contributed by atoms with Crippen LogP contribution in [0.25, 0.3) is 0 Å². The molecule has 1 aromatic rings. The van der Waals surface area contributed by atoms with Crippen molar-refractivity contribution in [3.05, 3.63) is 59.7 Å². The second-order valence-electron chi connectivity index (χ2n) is 6.57. The minimum Gasteiger partial charge on any atom is -0.468 e. The van der Waals surface area contributed by atoms with E-state index in [9.17, 15) is 4.79 Å². The fourth-order valence-corrected chi connectivity index (χ4v) is 3.16. The van der Waals surface area contributed by atoms with E-state index < -0.39 is 10.8 Å². The minimum absolute atomic E-state index is 0.247. The Morgan fingerprint density at radius 3 is 2.14 bits per heavy atom. The number of esters is 1. The molecule has 0 saturated heterocycles. The highest BCUT2D eigenvalue weighted by atomic mass is 16.5. The number of hydrogen-bond donors (Lipinski definition) is 0. The second-order valence-corrected chi connectivity index (χ2v) is 6.57. The van der Waals surface area contributed by atoms with E-state index in [1.165, 1.54) is 12.7 Å². The summed E-state index contributed by atoms with van der Waals surface area (Å²) in [5.74, 6) is -0.247. The Bertz CT molecular complexity index is 596. The number of ether oxygens (including phenoxy) is 1. The van der Waals surface area contributed by atoms with Gasteiger partial charge in [-0.25, -0.2) is 0 Å². The van der Waals surface area contributed by atoms with Crippen LogP contribution in [0.5, 0.6) is 0 Å². The van der Waals surface area contributed by atoms with Crippen molar-refractivity contribution in [3.8, 4) is 0 Å². The molecule has 0 N–H and O–H groups in total. The van der Waals surface area contributed by atoms with Crippen LogP contribution in [0.4, 0.5) is 0 Å². The second kappa shape index (κ2) is 6.51. The zero-order valence-electron chi connectivity index (χ0n) is 14.7. The van der Waals surface area contributed by atoms with E-state index in [0.29, 0.717) is 6.42 Å². The van der Waals surface area contributed by atoms with E-state index in [1.807, 2.05) is 26.8 Å². The monoisotopic (exact) mass is 300 g/mol. The van der Waals surface area contributed by atoms with Crippen molar-refractivity contribution in [2.45, 2.75) is 46.5 Å². The minimum atomic E-state index is -0.826. The SMILES string of the molecule is C=CC[C@@](C(=O)OC)(c1cc(C)c(C)cc1C)C(C)(C)C=C. The van der Waals surface area contributed by atoms with Gasteiger partial charge in [0.2, 0.25) is 0 Å². The van der Waals surface area contributed by atoms with E-state index >= 15 is 0 Å². The fraction of sp³-hybridized carbons (Fsp3) is 0.450. The Labute approximate surface area is 134 Å². The van der Waals surface area contributed by atoms with Gasteiger partial charge in [-0.3, -0.25) is 4.79 Å². The molecule has 1 aromatic carbocycles. The summed E-state index contributed by atoms with van der Waals surface area (Å²) in [5.41, 5.74) is 3.17. The Morgan fingerprint density at radius 2 is 1.68 bits per heavy atom. The van der Waals surface area contributed by atoms with Gasteiger partial charge in [-0.15, -0.1) is 13.2 Å². The first-order valence-corrected chi connectivity index (χ1v) is 7.59. The summed E-state index contributed by atoms with van der Waals surface area (Å²) in [6.45, 7) is 18.0. The van der Waals surface area contributed by atoms with Gasteiger partial charge >= 0.3 is 5.97 Å². The third-order valence-electron chi connectivity index (χ3n) is 4.90. The summed E-state index contributed by atoms with van der Waals surface area (Å²) in [6, 6.07) is 4.24. The average Bonchev–Trinajstić information content (AvgIpc) is 2.47. The number of carbonyl (C=O) groups is 1. The average molecular weight is 300 g/mol. The maximum atomic E-state index is 12.9. The fourth-order valence-electron chi connectivity index (χ4n) is 3.16. The molecule has 0 amide bonds. The molecule has 0 radical (unpaired) electrons. The van der Waals surface area contributed by atoms with Crippen molar-refractivity contribution in [2.24, 2.45) is 5.41 Å². The largest absolute Gasteiger partial charge is 0.468 e. The van der Waals surface area contributed by atoms with Crippen LogP contribution in [0.15, 0.2) is 37.4 Å². The molecule has 1 atom stereocenters. The molecule has 0 aliphatic rings. The molecule has 2 nitrogen and oxygen atoms in total. The van der Waals surface area contributed by atoms with Gasteiger partial charge < -0.3 is 4.74 Å². The number of carbonyl (C=O) groups excluding carboxylic acids is 1. The summed E-state index contributed by atoms with van der Waals surface area (Å²) in [4.78, 5) is 12.9. The molecular weight excluding hydrogens is 272 g/mol. The van der Waals surface area contributed by atoms with E-state index in [-0.39, 0.29) is 5.97 Å². The molecule has 0 aliphatic heterocycles. The van der Waals surface area contributed by atoms with Crippen molar-refractivity contribution >= 4 is 5.97 Å². The lowest BCUT2D eigenvalue weighted by Gasteiger charge is -2.43. The predicted octanol–water partition coefficient (Wildman–Crippen LogP) is 4.81. The lowest BCUT2D eigenvalue weighted by molar-refractivity contribution is -0.151. The van der Waals surface area contributed by atoms with Crippen molar-refractivity contribution < 1.29 is 9.53 Å². The van der Waals surface area contributed by atoms with Crippen LogP contribution in [0.1, 0.15) is 42.5 Å². The van der Waals surface area contributed by atoms with Crippen molar-refractivity contribution in [2.75, 3.05) is 7.11 Å². The highest BCUT2D eigenvalue weighted by molar-refractivity contribution is 5.85. The summed E-state index contributed by atoms with van der Waals surface area (Å²) >= 11 is 0. The Balaban J connectivity index is 3.84. The van der Waals surface area contributed by atoms with Crippen molar-refractivity contribution in [3.63, 3.8) is 0 Å². The standard InChI is InChI=1S/C20H28O2/c1-9-11-20(18(21)22-8,19(6,7)10-2)17-13-15(4)14(3)12-16(17)5/h9-10,12-13H,1-2,11H2,3-8H3/t20-/m0/s1. The zero-order chi connectivity index (χ0) is 17.1. The van der Waals surface area contributed by atoms with Crippen molar-refractivity contribution in [1.29, 1.82) is 0 Å². The van der Waals surface area contributed by atoms with E-state index in [2.05, 4.69) is 39.1 Å². The Morgan fingerprint density at radius 1 is 1.14 bits per heavy atom. The van der Waals surface area contributed by atoms with Gasteiger partial charge in [-0.1, -0.05) is 38.1 Å². The van der Waals surface area contributed by atoms with E-state index in [1.54, 1.807) is 6.08 Å². The number of methoxy groups -OCH3 is 1. The molecule has 1 rings (SSSR count). The van der Waals surface area contributed by atoms with E-state index in [4.69, 9.17) is 4.74 Å². The van der Waals surface area contributed by atoms with Gasteiger partial charge in [0, 0.05) is 5.41 Å². The maximum Gasteiger partial charge on any atom is 0.317 e. The highest BCUT2D eigenvalue weighted by Crippen LogP contribution is 2.48. The topological polar surface area (TPSA) is 26.3 Å². The molecule has 0 aromatic heterocycles. The van der Waals surface area contributed by atoms with Gasteiger partial charge in [-0.2, -0.15) is 0 Å². The maximum absolute atomic E-state index is 12.9. The molecule has 0 aliphatic carbocycles. The van der Waals surface area contributed by atoms with Crippen LogP contribution in [0.2, 0.25) is 0 Å². The molecule has 0 fully saturated rings. The van der Waals surface area contributed by atoms with Crippen LogP contribution in [-0.2, 0) is 14.9 Å². The van der Waals surface area contributed by atoms with E-state index in [0.717, 1.165) is 16.7 Å². The molecule has 2 heteroatoms.